The molecule has 196 valence electrons. The van der Waals surface area contributed by atoms with E-state index in [4.69, 9.17) is 18.9 Å². The fourth-order valence-corrected chi connectivity index (χ4v) is 4.48. The summed E-state index contributed by atoms with van der Waals surface area (Å²) in [6, 6.07) is 0. The van der Waals surface area contributed by atoms with Crippen molar-refractivity contribution in [1.29, 1.82) is 0 Å². The Hall–Kier alpha value is -2.58. The number of hydrogen-bond donors (Lipinski definition) is 0. The molecule has 1 saturated heterocycles. The van der Waals surface area contributed by atoms with Crippen molar-refractivity contribution in [3.8, 4) is 11.8 Å². The SMILES string of the molecule is Cc1c(OC2CCC(CC(=O)OC(C)(C)C)CC2)ncnc1OC1CCN(C(=O)OC(C)C)CC1. The minimum Gasteiger partial charge on any atom is -0.474 e. The van der Waals surface area contributed by atoms with Crippen molar-refractivity contribution in [3.63, 3.8) is 0 Å². The van der Waals surface area contributed by atoms with Crippen LogP contribution in [0.2, 0.25) is 0 Å². The van der Waals surface area contributed by atoms with Crippen LogP contribution in [0.4, 0.5) is 4.79 Å². The van der Waals surface area contributed by atoms with Gasteiger partial charge in [0.1, 0.15) is 24.1 Å². The van der Waals surface area contributed by atoms with E-state index in [0.29, 0.717) is 50.0 Å². The van der Waals surface area contributed by atoms with Crippen molar-refractivity contribution in [3.05, 3.63) is 11.9 Å². The fourth-order valence-electron chi connectivity index (χ4n) is 4.48. The molecule has 1 aromatic heterocycles. The Morgan fingerprint density at radius 1 is 0.971 bits per heavy atom. The Labute approximate surface area is 208 Å². The molecule has 1 aromatic rings. The Bertz CT molecular complexity index is 853. The molecule has 0 bridgehead atoms. The lowest BCUT2D eigenvalue weighted by Crippen LogP contribution is -2.42. The summed E-state index contributed by atoms with van der Waals surface area (Å²) in [4.78, 5) is 34.6. The molecule has 0 N–H and O–H groups in total. The van der Waals surface area contributed by atoms with Gasteiger partial charge in [0.05, 0.1) is 11.7 Å². The van der Waals surface area contributed by atoms with Crippen molar-refractivity contribution in [2.45, 2.75) is 110 Å². The van der Waals surface area contributed by atoms with Gasteiger partial charge in [0, 0.05) is 32.4 Å². The van der Waals surface area contributed by atoms with Gasteiger partial charge in [-0.2, -0.15) is 0 Å². The Balaban J connectivity index is 1.46. The summed E-state index contributed by atoms with van der Waals surface area (Å²) in [6.07, 6.45) is 6.60. The zero-order chi connectivity index (χ0) is 25.6. The lowest BCUT2D eigenvalue weighted by atomic mass is 9.85. The number of ether oxygens (including phenoxy) is 4. The van der Waals surface area contributed by atoms with Gasteiger partial charge in [-0.15, -0.1) is 0 Å². The number of hydrogen-bond acceptors (Lipinski definition) is 8. The first-order valence-electron chi connectivity index (χ1n) is 12.8. The van der Waals surface area contributed by atoms with Gasteiger partial charge in [-0.25, -0.2) is 14.8 Å². The summed E-state index contributed by atoms with van der Waals surface area (Å²) < 4.78 is 23.1. The van der Waals surface area contributed by atoms with Crippen molar-refractivity contribution < 1.29 is 28.5 Å². The number of likely N-dealkylation sites (tertiary alicyclic amines) is 1. The standard InChI is InChI=1S/C26H41N3O6/c1-17(2)32-25(31)29-13-11-21(12-14-29)34-24-18(3)23(27-16-28-24)33-20-9-7-19(8-10-20)15-22(30)35-26(4,5)6/h16-17,19-21H,7-15H2,1-6H3. The molecule has 1 aliphatic carbocycles. The molecule has 9 nitrogen and oxygen atoms in total. The van der Waals surface area contributed by atoms with E-state index in [-0.39, 0.29) is 30.4 Å². The molecule has 1 amide bonds. The highest BCUT2D eigenvalue weighted by Gasteiger charge is 2.29. The van der Waals surface area contributed by atoms with Crippen LogP contribution < -0.4 is 9.47 Å². The van der Waals surface area contributed by atoms with E-state index in [1.54, 1.807) is 4.90 Å². The van der Waals surface area contributed by atoms with Gasteiger partial charge in [0.25, 0.3) is 0 Å². The van der Waals surface area contributed by atoms with Crippen molar-refractivity contribution in [1.82, 2.24) is 14.9 Å². The molecule has 2 heterocycles. The van der Waals surface area contributed by atoms with E-state index >= 15 is 0 Å². The van der Waals surface area contributed by atoms with Gasteiger partial charge < -0.3 is 23.8 Å². The summed E-state index contributed by atoms with van der Waals surface area (Å²) in [6.45, 7) is 12.5. The molecule has 0 radical (unpaired) electrons. The number of nitrogens with zero attached hydrogens (tertiary/aromatic N) is 3. The highest BCUT2D eigenvalue weighted by Crippen LogP contribution is 2.32. The van der Waals surface area contributed by atoms with E-state index < -0.39 is 5.60 Å². The Morgan fingerprint density at radius 3 is 2.03 bits per heavy atom. The van der Waals surface area contributed by atoms with Crippen LogP contribution in [0.5, 0.6) is 11.8 Å². The average Bonchev–Trinajstić information content (AvgIpc) is 2.76. The maximum atomic E-state index is 12.1. The van der Waals surface area contributed by atoms with Gasteiger partial charge in [-0.05, 0) is 73.1 Å². The zero-order valence-corrected chi connectivity index (χ0v) is 22.0. The number of carbonyl (C=O) groups excluding carboxylic acids is 2. The van der Waals surface area contributed by atoms with Crippen molar-refractivity contribution in [2.24, 2.45) is 5.92 Å². The van der Waals surface area contributed by atoms with Crippen molar-refractivity contribution >= 4 is 12.1 Å². The third-order valence-corrected chi connectivity index (χ3v) is 6.25. The Morgan fingerprint density at radius 2 is 1.51 bits per heavy atom. The molecule has 0 spiro atoms. The molecule has 1 aliphatic heterocycles. The van der Waals surface area contributed by atoms with Gasteiger partial charge in [-0.3, -0.25) is 4.79 Å². The minimum absolute atomic E-state index is 0.0251. The lowest BCUT2D eigenvalue weighted by molar-refractivity contribution is -0.156. The zero-order valence-electron chi connectivity index (χ0n) is 22.0. The van der Waals surface area contributed by atoms with Crippen LogP contribution in [0, 0.1) is 12.8 Å². The molecule has 0 atom stereocenters. The summed E-state index contributed by atoms with van der Waals surface area (Å²) in [5.74, 6) is 1.28. The predicted octanol–water partition coefficient (Wildman–Crippen LogP) is 4.84. The van der Waals surface area contributed by atoms with E-state index in [2.05, 4.69) is 9.97 Å². The maximum absolute atomic E-state index is 12.1. The second-order valence-electron chi connectivity index (χ2n) is 10.9. The van der Waals surface area contributed by atoms with Crippen LogP contribution in [0.25, 0.3) is 0 Å². The quantitative estimate of drug-likeness (QED) is 0.500. The third kappa shape index (κ3) is 8.54. The Kier molecular flexibility index (Phi) is 9.19. The van der Waals surface area contributed by atoms with E-state index in [9.17, 15) is 9.59 Å². The van der Waals surface area contributed by atoms with Crippen LogP contribution in [-0.2, 0) is 14.3 Å². The smallest absolute Gasteiger partial charge is 0.410 e. The number of rotatable bonds is 7. The first kappa shape index (κ1) is 27.0. The molecule has 3 rings (SSSR count). The molecule has 9 heteroatoms. The van der Waals surface area contributed by atoms with Crippen LogP contribution in [0.15, 0.2) is 6.33 Å². The van der Waals surface area contributed by atoms with E-state index in [1.165, 1.54) is 6.33 Å². The van der Waals surface area contributed by atoms with Crippen LogP contribution in [0.3, 0.4) is 0 Å². The van der Waals surface area contributed by atoms with Crippen LogP contribution in [-0.4, -0.2) is 63.9 Å². The highest BCUT2D eigenvalue weighted by atomic mass is 16.6. The highest BCUT2D eigenvalue weighted by molar-refractivity contribution is 5.70. The van der Waals surface area contributed by atoms with Crippen LogP contribution in [0.1, 0.15) is 85.1 Å². The fraction of sp³-hybridized carbons (Fsp3) is 0.769. The topological polar surface area (TPSA) is 100 Å². The molecular formula is C26H41N3O6. The molecule has 1 saturated carbocycles. The number of aromatic nitrogens is 2. The molecular weight excluding hydrogens is 450 g/mol. The normalized spacial score (nSPS) is 21.5. The maximum Gasteiger partial charge on any atom is 0.410 e. The monoisotopic (exact) mass is 491 g/mol. The summed E-state index contributed by atoms with van der Waals surface area (Å²) in [5.41, 5.74) is 0.336. The van der Waals surface area contributed by atoms with E-state index in [1.807, 2.05) is 41.5 Å². The number of esters is 1. The molecule has 35 heavy (non-hydrogen) atoms. The second-order valence-corrected chi connectivity index (χ2v) is 10.9. The third-order valence-electron chi connectivity index (χ3n) is 6.25. The summed E-state index contributed by atoms with van der Waals surface area (Å²) >= 11 is 0. The first-order valence-corrected chi connectivity index (χ1v) is 12.8. The lowest BCUT2D eigenvalue weighted by Gasteiger charge is -2.32. The molecule has 0 aromatic carbocycles. The second kappa shape index (κ2) is 11.9. The van der Waals surface area contributed by atoms with E-state index in [0.717, 1.165) is 31.2 Å². The van der Waals surface area contributed by atoms with Crippen LogP contribution >= 0.6 is 0 Å². The van der Waals surface area contributed by atoms with Gasteiger partial charge in [-0.1, -0.05) is 0 Å². The summed E-state index contributed by atoms with van der Waals surface area (Å²) in [7, 11) is 0. The number of carbonyl (C=O) groups is 2. The number of piperidine rings is 1. The molecule has 2 fully saturated rings. The largest absolute Gasteiger partial charge is 0.474 e. The number of amides is 1. The van der Waals surface area contributed by atoms with Gasteiger partial charge in [0.2, 0.25) is 11.8 Å². The predicted molar refractivity (Wildman–Crippen MR) is 130 cm³/mol. The minimum atomic E-state index is -0.446. The first-order chi connectivity index (χ1) is 16.5. The average molecular weight is 492 g/mol. The molecule has 2 aliphatic rings. The van der Waals surface area contributed by atoms with Crippen molar-refractivity contribution in [2.75, 3.05) is 13.1 Å². The summed E-state index contributed by atoms with van der Waals surface area (Å²) in [5, 5.41) is 0. The van der Waals surface area contributed by atoms with Gasteiger partial charge >= 0.3 is 12.1 Å². The van der Waals surface area contributed by atoms with Gasteiger partial charge in [0.15, 0.2) is 0 Å². The molecule has 0 unspecified atom stereocenters.